The van der Waals surface area contributed by atoms with Crippen LogP contribution in [0.25, 0.3) is 0 Å². The van der Waals surface area contributed by atoms with E-state index in [2.05, 4.69) is 15.6 Å². The van der Waals surface area contributed by atoms with E-state index in [1.54, 1.807) is 30.2 Å². The van der Waals surface area contributed by atoms with Crippen molar-refractivity contribution >= 4 is 12.0 Å². The normalized spacial score (nSPS) is 15.3. The average Bonchev–Trinajstić information content (AvgIpc) is 2.78. The largest absolute Gasteiger partial charge is 0.479 e. The molecule has 2 amide bonds. The molecule has 8 heteroatoms. The summed E-state index contributed by atoms with van der Waals surface area (Å²) in [5, 5.41) is 23.0. The highest BCUT2D eigenvalue weighted by molar-refractivity contribution is 5.79. The molecule has 1 aromatic heterocycles. The summed E-state index contributed by atoms with van der Waals surface area (Å²) in [5.41, 5.74) is -1.98. The molecule has 1 aromatic rings. The molecule has 2 unspecified atom stereocenters. The molecule has 0 spiro atoms. The number of carbonyl (C=O) groups is 2. The van der Waals surface area contributed by atoms with Crippen LogP contribution in [0.15, 0.2) is 18.7 Å². The van der Waals surface area contributed by atoms with E-state index in [1.807, 2.05) is 0 Å². The van der Waals surface area contributed by atoms with Crippen molar-refractivity contribution in [3.05, 3.63) is 18.7 Å². The number of hydrogen-bond acceptors (Lipinski definition) is 4. The van der Waals surface area contributed by atoms with Crippen LogP contribution in [0.5, 0.6) is 0 Å². The van der Waals surface area contributed by atoms with E-state index in [-0.39, 0.29) is 12.6 Å². The smallest absolute Gasteiger partial charge is 0.337 e. The van der Waals surface area contributed by atoms with E-state index >= 15 is 0 Å². The molecule has 0 saturated carbocycles. The van der Waals surface area contributed by atoms with Crippen LogP contribution in [0.4, 0.5) is 4.79 Å². The molecule has 8 nitrogen and oxygen atoms in total. The first-order valence-corrected chi connectivity index (χ1v) is 5.77. The van der Waals surface area contributed by atoms with E-state index in [4.69, 9.17) is 5.11 Å². The number of urea groups is 1. The highest BCUT2D eigenvalue weighted by atomic mass is 16.4. The average molecular weight is 270 g/mol. The number of carbonyl (C=O) groups excluding carboxylic acids is 1. The molecule has 0 aliphatic carbocycles. The zero-order chi connectivity index (χ0) is 14.5. The van der Waals surface area contributed by atoms with Gasteiger partial charge in [0.2, 0.25) is 0 Å². The molecule has 0 radical (unpaired) electrons. The topological polar surface area (TPSA) is 116 Å². The minimum atomic E-state index is -1.98. The second-order valence-corrected chi connectivity index (χ2v) is 4.57. The molecule has 0 fully saturated rings. The van der Waals surface area contributed by atoms with Crippen LogP contribution in [-0.2, 0) is 11.3 Å². The van der Waals surface area contributed by atoms with Crippen LogP contribution in [0.3, 0.4) is 0 Å². The number of carboxylic acids is 1. The van der Waals surface area contributed by atoms with Crippen LogP contribution in [0.1, 0.15) is 13.8 Å². The molecule has 0 aliphatic rings. The Bertz CT molecular complexity index is 430. The molecule has 19 heavy (non-hydrogen) atoms. The van der Waals surface area contributed by atoms with Gasteiger partial charge in [0.05, 0.1) is 12.9 Å². The summed E-state index contributed by atoms with van der Waals surface area (Å²) in [7, 11) is 0. The minimum absolute atomic E-state index is 0.163. The third kappa shape index (κ3) is 4.96. The van der Waals surface area contributed by atoms with Crippen LogP contribution in [0, 0.1) is 0 Å². The Morgan fingerprint density at radius 3 is 2.74 bits per heavy atom. The molecule has 1 heterocycles. The third-order valence-electron chi connectivity index (χ3n) is 2.48. The number of hydrogen-bond donors (Lipinski definition) is 4. The van der Waals surface area contributed by atoms with Crippen molar-refractivity contribution in [1.29, 1.82) is 0 Å². The maximum absolute atomic E-state index is 11.5. The lowest BCUT2D eigenvalue weighted by molar-refractivity contribution is -0.155. The van der Waals surface area contributed by atoms with Crippen molar-refractivity contribution < 1.29 is 19.8 Å². The molecule has 0 saturated heterocycles. The standard InChI is InChI=1S/C11H18N4O4/c1-8(5-15-4-3-12-7-15)14-10(18)13-6-11(2,19)9(16)17/h3-4,7-8,19H,5-6H2,1-2H3,(H,16,17)(H2,13,14,18). The van der Waals surface area contributed by atoms with Crippen molar-refractivity contribution in [2.75, 3.05) is 6.54 Å². The Morgan fingerprint density at radius 1 is 1.53 bits per heavy atom. The highest BCUT2D eigenvalue weighted by Crippen LogP contribution is 2.00. The molecule has 0 aliphatic heterocycles. The quantitative estimate of drug-likeness (QED) is 0.551. The van der Waals surface area contributed by atoms with E-state index in [0.29, 0.717) is 6.54 Å². The van der Waals surface area contributed by atoms with Gasteiger partial charge in [-0.25, -0.2) is 14.6 Å². The summed E-state index contributed by atoms with van der Waals surface area (Å²) in [6, 6.07) is -0.696. The van der Waals surface area contributed by atoms with E-state index in [1.165, 1.54) is 0 Å². The van der Waals surface area contributed by atoms with Gasteiger partial charge in [0.15, 0.2) is 5.60 Å². The Balaban J connectivity index is 2.33. The van der Waals surface area contributed by atoms with Gasteiger partial charge in [0, 0.05) is 25.0 Å². The summed E-state index contributed by atoms with van der Waals surface area (Å²) < 4.78 is 1.80. The number of amides is 2. The van der Waals surface area contributed by atoms with Gasteiger partial charge in [-0.3, -0.25) is 0 Å². The fourth-order valence-electron chi connectivity index (χ4n) is 1.36. The van der Waals surface area contributed by atoms with Gasteiger partial charge in [0.1, 0.15) is 0 Å². The third-order valence-corrected chi connectivity index (χ3v) is 2.48. The Morgan fingerprint density at radius 2 is 2.21 bits per heavy atom. The molecule has 2 atom stereocenters. The summed E-state index contributed by atoms with van der Waals surface area (Å²) in [6.45, 7) is 3.09. The van der Waals surface area contributed by atoms with E-state index in [0.717, 1.165) is 6.92 Å². The Kier molecular flexibility index (Phi) is 4.87. The van der Waals surface area contributed by atoms with Crippen molar-refractivity contribution in [3.63, 3.8) is 0 Å². The second-order valence-electron chi connectivity index (χ2n) is 4.57. The minimum Gasteiger partial charge on any atom is -0.479 e. The summed E-state index contributed by atoms with van der Waals surface area (Å²) in [6.07, 6.45) is 5.04. The van der Waals surface area contributed by atoms with E-state index < -0.39 is 17.6 Å². The molecule has 106 valence electrons. The van der Waals surface area contributed by atoms with Crippen molar-refractivity contribution in [1.82, 2.24) is 20.2 Å². The first kappa shape index (κ1) is 15.0. The van der Waals surface area contributed by atoms with Gasteiger partial charge in [-0.1, -0.05) is 0 Å². The lowest BCUT2D eigenvalue weighted by atomic mass is 10.1. The fourth-order valence-corrected chi connectivity index (χ4v) is 1.36. The molecule has 4 N–H and O–H groups in total. The van der Waals surface area contributed by atoms with Gasteiger partial charge in [-0.05, 0) is 13.8 Å². The van der Waals surface area contributed by atoms with Gasteiger partial charge < -0.3 is 25.4 Å². The second kappa shape index (κ2) is 6.19. The fraction of sp³-hybridized carbons (Fsp3) is 0.545. The first-order chi connectivity index (χ1) is 8.81. The lowest BCUT2D eigenvalue weighted by Crippen LogP contribution is -2.50. The van der Waals surface area contributed by atoms with Crippen molar-refractivity contribution in [2.45, 2.75) is 32.0 Å². The van der Waals surface area contributed by atoms with Crippen LogP contribution >= 0.6 is 0 Å². The zero-order valence-corrected chi connectivity index (χ0v) is 10.8. The van der Waals surface area contributed by atoms with Crippen molar-refractivity contribution in [2.24, 2.45) is 0 Å². The van der Waals surface area contributed by atoms with Crippen molar-refractivity contribution in [3.8, 4) is 0 Å². The Hall–Kier alpha value is -2.09. The highest BCUT2D eigenvalue weighted by Gasteiger charge is 2.30. The number of nitrogens with zero attached hydrogens (tertiary/aromatic N) is 2. The van der Waals surface area contributed by atoms with Crippen LogP contribution < -0.4 is 10.6 Å². The van der Waals surface area contributed by atoms with Gasteiger partial charge in [-0.15, -0.1) is 0 Å². The SMILES string of the molecule is CC(Cn1ccnc1)NC(=O)NCC(C)(O)C(=O)O. The number of imidazole rings is 1. The van der Waals surface area contributed by atoms with Crippen LogP contribution in [-0.4, -0.2) is 50.0 Å². The molecular weight excluding hydrogens is 252 g/mol. The number of nitrogens with one attached hydrogen (secondary N) is 2. The maximum atomic E-state index is 11.5. The molecule has 1 rings (SSSR count). The predicted octanol–water partition coefficient (Wildman–Crippen LogP) is -0.594. The maximum Gasteiger partial charge on any atom is 0.337 e. The number of aromatic nitrogens is 2. The molecule has 0 aromatic carbocycles. The summed E-state index contributed by atoms with van der Waals surface area (Å²) in [4.78, 5) is 26.0. The lowest BCUT2D eigenvalue weighted by Gasteiger charge is -2.20. The summed E-state index contributed by atoms with van der Waals surface area (Å²) >= 11 is 0. The van der Waals surface area contributed by atoms with Gasteiger partial charge >= 0.3 is 12.0 Å². The predicted molar refractivity (Wildman–Crippen MR) is 66.5 cm³/mol. The zero-order valence-electron chi connectivity index (χ0n) is 10.8. The Labute approximate surface area is 110 Å². The van der Waals surface area contributed by atoms with Crippen LogP contribution in [0.2, 0.25) is 0 Å². The van der Waals surface area contributed by atoms with Gasteiger partial charge in [-0.2, -0.15) is 0 Å². The summed E-state index contributed by atoms with van der Waals surface area (Å²) in [5.74, 6) is -1.39. The number of aliphatic hydroxyl groups is 1. The molecule has 0 bridgehead atoms. The van der Waals surface area contributed by atoms with E-state index in [9.17, 15) is 14.7 Å². The number of aliphatic carboxylic acids is 1. The monoisotopic (exact) mass is 270 g/mol. The number of rotatable bonds is 6. The first-order valence-electron chi connectivity index (χ1n) is 5.77. The molecular formula is C11H18N4O4. The number of carboxylic acid groups (broad SMARTS) is 1. The van der Waals surface area contributed by atoms with Gasteiger partial charge in [0.25, 0.3) is 0 Å².